The summed E-state index contributed by atoms with van der Waals surface area (Å²) in [6.07, 6.45) is 8.32. The van der Waals surface area contributed by atoms with Crippen LogP contribution in [0.2, 0.25) is 0 Å². The Hall–Kier alpha value is -4.13. The molecular formula is C21H14N6O. The van der Waals surface area contributed by atoms with Crippen molar-refractivity contribution in [1.29, 1.82) is 0 Å². The molecule has 0 aliphatic heterocycles. The van der Waals surface area contributed by atoms with E-state index in [2.05, 4.69) is 25.3 Å². The van der Waals surface area contributed by atoms with Gasteiger partial charge in [0.2, 0.25) is 5.43 Å². The molecule has 0 saturated carbocycles. The molecule has 0 aliphatic rings. The molecule has 0 amide bonds. The first kappa shape index (κ1) is 16.1. The van der Waals surface area contributed by atoms with Crippen molar-refractivity contribution in [3.63, 3.8) is 0 Å². The summed E-state index contributed by atoms with van der Waals surface area (Å²) in [5.41, 5.74) is 3.62. The highest BCUT2D eigenvalue weighted by molar-refractivity contribution is 5.87. The predicted octanol–water partition coefficient (Wildman–Crippen LogP) is 3.23. The van der Waals surface area contributed by atoms with Crippen LogP contribution in [0.3, 0.4) is 0 Å². The molecule has 134 valence electrons. The third kappa shape index (κ3) is 2.57. The highest BCUT2D eigenvalue weighted by Gasteiger charge is 2.17. The lowest BCUT2D eigenvalue weighted by Gasteiger charge is -2.10. The van der Waals surface area contributed by atoms with Crippen molar-refractivity contribution in [3.8, 4) is 28.2 Å². The number of fused-ring (bicyclic) bond motifs is 1. The van der Waals surface area contributed by atoms with Gasteiger partial charge in [0.25, 0.3) is 0 Å². The van der Waals surface area contributed by atoms with Crippen LogP contribution < -0.4 is 5.43 Å². The molecule has 5 aromatic rings. The number of nitrogens with one attached hydrogen (secondary N) is 1. The van der Waals surface area contributed by atoms with E-state index in [4.69, 9.17) is 0 Å². The van der Waals surface area contributed by atoms with Crippen LogP contribution in [0.5, 0.6) is 0 Å². The Bertz CT molecular complexity index is 1330. The SMILES string of the molecule is O=c1c(-c2cccnc2)c[nH]nc1-c1ccnn1-c1cccc2ncccc12. The van der Waals surface area contributed by atoms with Crippen LogP contribution in [0.15, 0.2) is 84.3 Å². The van der Waals surface area contributed by atoms with Crippen LogP contribution in [-0.2, 0) is 0 Å². The number of rotatable bonds is 3. The van der Waals surface area contributed by atoms with E-state index in [1.54, 1.807) is 47.8 Å². The zero-order chi connectivity index (χ0) is 18.9. The molecule has 0 fully saturated rings. The van der Waals surface area contributed by atoms with Crippen molar-refractivity contribution in [3.05, 3.63) is 89.7 Å². The van der Waals surface area contributed by atoms with Crippen molar-refractivity contribution in [2.75, 3.05) is 0 Å². The summed E-state index contributed by atoms with van der Waals surface area (Å²) < 4.78 is 1.72. The van der Waals surface area contributed by atoms with Gasteiger partial charge in [-0.05, 0) is 36.4 Å². The van der Waals surface area contributed by atoms with E-state index in [-0.39, 0.29) is 5.43 Å². The van der Waals surface area contributed by atoms with E-state index < -0.39 is 0 Å². The molecule has 5 rings (SSSR count). The maximum Gasteiger partial charge on any atom is 0.217 e. The number of nitrogens with zero attached hydrogens (tertiary/aromatic N) is 5. The second-order valence-electron chi connectivity index (χ2n) is 6.19. The third-order valence-electron chi connectivity index (χ3n) is 4.55. The number of H-pyrrole nitrogens is 1. The zero-order valence-corrected chi connectivity index (χ0v) is 14.6. The van der Waals surface area contributed by atoms with E-state index in [0.29, 0.717) is 17.0 Å². The summed E-state index contributed by atoms with van der Waals surface area (Å²) in [4.78, 5) is 21.6. The first-order chi connectivity index (χ1) is 13.8. The number of aromatic amines is 1. The fraction of sp³-hybridized carbons (Fsp3) is 0. The Labute approximate surface area is 159 Å². The number of hydrogen-bond acceptors (Lipinski definition) is 5. The van der Waals surface area contributed by atoms with E-state index in [0.717, 1.165) is 22.2 Å². The third-order valence-corrected chi connectivity index (χ3v) is 4.55. The van der Waals surface area contributed by atoms with Crippen LogP contribution >= 0.6 is 0 Å². The van der Waals surface area contributed by atoms with Crippen molar-refractivity contribution in [2.24, 2.45) is 0 Å². The molecule has 4 heterocycles. The molecule has 28 heavy (non-hydrogen) atoms. The van der Waals surface area contributed by atoms with Crippen LogP contribution in [0, 0.1) is 0 Å². The molecule has 7 heteroatoms. The Kier molecular flexibility index (Phi) is 3.76. The fourth-order valence-corrected chi connectivity index (χ4v) is 3.26. The molecule has 0 radical (unpaired) electrons. The number of hydrogen-bond donors (Lipinski definition) is 1. The van der Waals surface area contributed by atoms with Gasteiger partial charge >= 0.3 is 0 Å². The average molecular weight is 366 g/mol. The number of pyridine rings is 2. The molecule has 0 aliphatic carbocycles. The maximum atomic E-state index is 13.2. The van der Waals surface area contributed by atoms with Crippen LogP contribution in [-0.4, -0.2) is 29.9 Å². The molecule has 0 bridgehead atoms. The predicted molar refractivity (Wildman–Crippen MR) is 106 cm³/mol. The minimum absolute atomic E-state index is 0.188. The van der Waals surface area contributed by atoms with Gasteiger partial charge in [-0.1, -0.05) is 12.1 Å². The number of aromatic nitrogens is 6. The molecule has 1 aromatic carbocycles. The molecule has 0 atom stereocenters. The summed E-state index contributed by atoms with van der Waals surface area (Å²) in [6.45, 7) is 0. The fourth-order valence-electron chi connectivity index (χ4n) is 3.26. The van der Waals surface area contributed by atoms with Gasteiger partial charge in [-0.15, -0.1) is 0 Å². The topological polar surface area (TPSA) is 89.4 Å². The average Bonchev–Trinajstić information content (AvgIpc) is 3.23. The largest absolute Gasteiger partial charge is 0.287 e. The molecule has 0 saturated heterocycles. The quantitative estimate of drug-likeness (QED) is 0.529. The van der Waals surface area contributed by atoms with E-state index in [1.165, 1.54) is 0 Å². The normalized spacial score (nSPS) is 11.0. The second-order valence-corrected chi connectivity index (χ2v) is 6.19. The van der Waals surface area contributed by atoms with Crippen molar-refractivity contribution < 1.29 is 0 Å². The van der Waals surface area contributed by atoms with Crippen LogP contribution in [0.25, 0.3) is 39.1 Å². The van der Waals surface area contributed by atoms with E-state index >= 15 is 0 Å². The highest BCUT2D eigenvalue weighted by Crippen LogP contribution is 2.25. The summed E-state index contributed by atoms with van der Waals surface area (Å²) in [6, 6.07) is 15.1. The maximum absolute atomic E-state index is 13.2. The lowest BCUT2D eigenvalue weighted by atomic mass is 10.1. The highest BCUT2D eigenvalue weighted by atomic mass is 16.1. The Morgan fingerprint density at radius 2 is 1.86 bits per heavy atom. The van der Waals surface area contributed by atoms with Gasteiger partial charge in [0.05, 0.1) is 28.7 Å². The Morgan fingerprint density at radius 3 is 2.75 bits per heavy atom. The van der Waals surface area contributed by atoms with Crippen molar-refractivity contribution in [2.45, 2.75) is 0 Å². The minimum Gasteiger partial charge on any atom is -0.287 e. The Balaban J connectivity index is 1.72. The van der Waals surface area contributed by atoms with Crippen LogP contribution in [0.4, 0.5) is 0 Å². The van der Waals surface area contributed by atoms with Crippen LogP contribution in [0.1, 0.15) is 0 Å². The molecule has 0 spiro atoms. The van der Waals surface area contributed by atoms with Gasteiger partial charge in [-0.3, -0.25) is 19.9 Å². The standard InChI is InChI=1S/C21H14N6O/c28-21-16(14-4-2-9-22-12-14)13-24-26-20(21)19-8-11-25-27(19)18-7-1-6-17-15(18)5-3-10-23-17/h1-13H,(H,24,28). The monoisotopic (exact) mass is 366 g/mol. The van der Waals surface area contributed by atoms with Crippen molar-refractivity contribution in [1.82, 2.24) is 29.9 Å². The van der Waals surface area contributed by atoms with E-state index in [9.17, 15) is 4.79 Å². The Morgan fingerprint density at radius 1 is 0.929 bits per heavy atom. The van der Waals surface area contributed by atoms with Gasteiger partial charge in [-0.25, -0.2) is 4.68 Å². The van der Waals surface area contributed by atoms with Crippen molar-refractivity contribution >= 4 is 10.9 Å². The molecule has 4 aromatic heterocycles. The summed E-state index contributed by atoms with van der Waals surface area (Å²) in [7, 11) is 0. The van der Waals surface area contributed by atoms with E-state index in [1.807, 2.05) is 36.4 Å². The van der Waals surface area contributed by atoms with Gasteiger partial charge in [0.15, 0.2) is 5.69 Å². The first-order valence-electron chi connectivity index (χ1n) is 8.70. The minimum atomic E-state index is -0.188. The molecular weight excluding hydrogens is 352 g/mol. The summed E-state index contributed by atoms with van der Waals surface area (Å²) in [5.74, 6) is 0. The summed E-state index contributed by atoms with van der Waals surface area (Å²) in [5, 5.41) is 12.5. The second kappa shape index (κ2) is 6.55. The molecule has 0 unspecified atom stereocenters. The van der Waals surface area contributed by atoms with Gasteiger partial charge in [0, 0.05) is 35.7 Å². The smallest absolute Gasteiger partial charge is 0.217 e. The molecule has 7 nitrogen and oxygen atoms in total. The van der Waals surface area contributed by atoms with Gasteiger partial charge in [-0.2, -0.15) is 10.2 Å². The van der Waals surface area contributed by atoms with Gasteiger partial charge in [0.1, 0.15) is 0 Å². The zero-order valence-electron chi connectivity index (χ0n) is 14.6. The first-order valence-corrected chi connectivity index (χ1v) is 8.70. The number of benzene rings is 1. The summed E-state index contributed by atoms with van der Waals surface area (Å²) >= 11 is 0. The lowest BCUT2D eigenvalue weighted by Crippen LogP contribution is -2.14. The lowest BCUT2D eigenvalue weighted by molar-refractivity contribution is 0.882. The molecule has 1 N–H and O–H groups in total. The van der Waals surface area contributed by atoms with Gasteiger partial charge < -0.3 is 0 Å².